The van der Waals surface area contributed by atoms with Crippen LogP contribution in [0.5, 0.6) is 0 Å². The summed E-state index contributed by atoms with van der Waals surface area (Å²) in [5.74, 6) is -0.0590. The van der Waals surface area contributed by atoms with Crippen molar-refractivity contribution in [2.24, 2.45) is 0 Å². The third-order valence-corrected chi connectivity index (χ3v) is 5.50. The molecule has 3 rings (SSSR count). The maximum Gasteiger partial charge on any atom is 0.327 e. The van der Waals surface area contributed by atoms with Crippen LogP contribution in [0.15, 0.2) is 30.3 Å². The second-order valence-corrected chi connectivity index (χ2v) is 6.90. The van der Waals surface area contributed by atoms with Crippen molar-refractivity contribution in [3.63, 3.8) is 0 Å². The molecule has 2 fully saturated rings. The highest BCUT2D eigenvalue weighted by Crippen LogP contribution is 2.36. The number of benzene rings is 1. The number of methoxy groups -OCH3 is 1. The van der Waals surface area contributed by atoms with Crippen molar-refractivity contribution in [1.29, 1.82) is 0 Å². The largest absolute Gasteiger partial charge is 0.383 e. The molecule has 1 spiro atoms. The zero-order valence-corrected chi connectivity index (χ0v) is 15.1. The van der Waals surface area contributed by atoms with Crippen molar-refractivity contribution in [3.8, 4) is 0 Å². The Kier molecular flexibility index (Phi) is 5.39. The Morgan fingerprint density at radius 1 is 1.08 bits per heavy atom. The SMILES string of the molecule is COCCN1C(=O)N(C)C(=O)C12CCN(CCc1ccccc1)CC2. The molecule has 0 bridgehead atoms. The number of hydrogen-bond acceptors (Lipinski definition) is 4. The van der Waals surface area contributed by atoms with Crippen LogP contribution in [-0.4, -0.2) is 79.1 Å². The van der Waals surface area contributed by atoms with Crippen LogP contribution in [-0.2, 0) is 16.0 Å². The number of hydrogen-bond donors (Lipinski definition) is 0. The van der Waals surface area contributed by atoms with Gasteiger partial charge in [0, 0.05) is 40.3 Å². The Bertz CT molecular complexity index is 612. The summed E-state index contributed by atoms with van der Waals surface area (Å²) < 4.78 is 5.13. The van der Waals surface area contributed by atoms with Gasteiger partial charge in [-0.15, -0.1) is 0 Å². The summed E-state index contributed by atoms with van der Waals surface area (Å²) >= 11 is 0. The predicted octanol–water partition coefficient (Wildman–Crippen LogP) is 1.60. The van der Waals surface area contributed by atoms with E-state index in [4.69, 9.17) is 4.74 Å². The van der Waals surface area contributed by atoms with E-state index in [0.717, 1.165) is 26.1 Å². The van der Waals surface area contributed by atoms with Crippen LogP contribution < -0.4 is 0 Å². The minimum Gasteiger partial charge on any atom is -0.383 e. The zero-order chi connectivity index (χ0) is 17.9. The fourth-order valence-corrected chi connectivity index (χ4v) is 3.93. The van der Waals surface area contributed by atoms with Gasteiger partial charge in [0.25, 0.3) is 5.91 Å². The molecule has 0 aliphatic carbocycles. The second-order valence-electron chi connectivity index (χ2n) is 6.90. The van der Waals surface area contributed by atoms with Gasteiger partial charge in [0.2, 0.25) is 0 Å². The van der Waals surface area contributed by atoms with Gasteiger partial charge < -0.3 is 14.5 Å². The van der Waals surface area contributed by atoms with Gasteiger partial charge in [-0.05, 0) is 24.8 Å². The Balaban J connectivity index is 1.62. The van der Waals surface area contributed by atoms with Gasteiger partial charge in [0.15, 0.2) is 0 Å². The van der Waals surface area contributed by atoms with Crippen LogP contribution in [0.3, 0.4) is 0 Å². The molecule has 2 aliphatic heterocycles. The average molecular weight is 345 g/mol. The summed E-state index contributed by atoms with van der Waals surface area (Å²) in [6, 6.07) is 10.2. The van der Waals surface area contributed by atoms with Gasteiger partial charge in [-0.25, -0.2) is 4.79 Å². The van der Waals surface area contributed by atoms with Crippen LogP contribution in [0.25, 0.3) is 0 Å². The summed E-state index contributed by atoms with van der Waals surface area (Å²) in [6.07, 6.45) is 2.40. The van der Waals surface area contributed by atoms with Gasteiger partial charge >= 0.3 is 6.03 Å². The Morgan fingerprint density at radius 2 is 1.76 bits per heavy atom. The van der Waals surface area contributed by atoms with E-state index < -0.39 is 5.54 Å². The topological polar surface area (TPSA) is 53.1 Å². The van der Waals surface area contributed by atoms with Crippen molar-refractivity contribution in [3.05, 3.63) is 35.9 Å². The molecule has 136 valence electrons. The first-order valence-corrected chi connectivity index (χ1v) is 8.93. The first-order chi connectivity index (χ1) is 12.1. The maximum atomic E-state index is 12.8. The highest BCUT2D eigenvalue weighted by atomic mass is 16.5. The van der Waals surface area contributed by atoms with E-state index in [1.165, 1.54) is 10.5 Å². The monoisotopic (exact) mass is 345 g/mol. The molecule has 1 aromatic rings. The number of likely N-dealkylation sites (N-methyl/N-ethyl adjacent to an activating group) is 1. The third-order valence-electron chi connectivity index (χ3n) is 5.50. The Labute approximate surface area is 149 Å². The molecule has 0 N–H and O–H groups in total. The second kappa shape index (κ2) is 7.54. The van der Waals surface area contributed by atoms with Crippen molar-refractivity contribution in [2.45, 2.75) is 24.8 Å². The molecule has 0 atom stereocenters. The molecule has 0 saturated carbocycles. The number of amides is 3. The normalized spacial score (nSPS) is 20.7. The molecule has 1 aromatic carbocycles. The smallest absolute Gasteiger partial charge is 0.327 e. The summed E-state index contributed by atoms with van der Waals surface area (Å²) in [6.45, 7) is 3.57. The standard InChI is InChI=1S/C19H27N3O3/c1-20-17(23)19(22(18(20)24)14-15-25-2)9-12-21(13-10-19)11-8-16-6-4-3-5-7-16/h3-7H,8-15H2,1-2H3. The number of nitrogens with zero attached hydrogens (tertiary/aromatic N) is 3. The van der Waals surface area contributed by atoms with Gasteiger partial charge in [-0.2, -0.15) is 0 Å². The minimum absolute atomic E-state index is 0.0590. The molecule has 6 nitrogen and oxygen atoms in total. The van der Waals surface area contributed by atoms with Crippen LogP contribution in [0, 0.1) is 0 Å². The molecule has 0 radical (unpaired) electrons. The van der Waals surface area contributed by atoms with Gasteiger partial charge in [-0.1, -0.05) is 30.3 Å². The van der Waals surface area contributed by atoms with Crippen molar-refractivity contribution in [2.75, 3.05) is 46.9 Å². The summed E-state index contributed by atoms with van der Waals surface area (Å²) in [7, 11) is 3.20. The predicted molar refractivity (Wildman–Crippen MR) is 95.3 cm³/mol. The number of urea groups is 1. The van der Waals surface area contributed by atoms with Gasteiger partial charge in [0.1, 0.15) is 5.54 Å². The number of likely N-dealkylation sites (tertiary alicyclic amines) is 1. The lowest BCUT2D eigenvalue weighted by Crippen LogP contribution is -2.57. The third kappa shape index (κ3) is 3.41. The van der Waals surface area contributed by atoms with Crippen LogP contribution >= 0.6 is 0 Å². The van der Waals surface area contributed by atoms with E-state index in [-0.39, 0.29) is 11.9 Å². The maximum absolute atomic E-state index is 12.8. The summed E-state index contributed by atoms with van der Waals surface area (Å²) in [5.41, 5.74) is 0.657. The molecular formula is C19H27N3O3. The van der Waals surface area contributed by atoms with Crippen molar-refractivity contribution < 1.29 is 14.3 Å². The first-order valence-electron chi connectivity index (χ1n) is 8.93. The van der Waals surface area contributed by atoms with E-state index in [9.17, 15) is 9.59 Å². The molecule has 25 heavy (non-hydrogen) atoms. The molecule has 2 heterocycles. The molecular weight excluding hydrogens is 318 g/mol. The fraction of sp³-hybridized carbons (Fsp3) is 0.579. The average Bonchev–Trinajstić information content (AvgIpc) is 2.82. The van der Waals surface area contributed by atoms with Crippen molar-refractivity contribution in [1.82, 2.24) is 14.7 Å². The highest BCUT2D eigenvalue weighted by molar-refractivity contribution is 6.06. The quantitative estimate of drug-likeness (QED) is 0.735. The van der Waals surface area contributed by atoms with E-state index in [1.807, 2.05) is 6.07 Å². The van der Waals surface area contributed by atoms with E-state index in [0.29, 0.717) is 26.0 Å². The summed E-state index contributed by atoms with van der Waals surface area (Å²) in [4.78, 5) is 30.6. The van der Waals surface area contributed by atoms with E-state index in [2.05, 4.69) is 29.2 Å². The van der Waals surface area contributed by atoms with Crippen LogP contribution in [0.4, 0.5) is 4.79 Å². The number of ether oxygens (including phenoxy) is 1. The minimum atomic E-state index is -0.673. The number of imide groups is 1. The number of carbonyl (C=O) groups excluding carboxylic acids is 2. The number of piperidine rings is 1. The molecule has 3 amide bonds. The Morgan fingerprint density at radius 3 is 2.40 bits per heavy atom. The van der Waals surface area contributed by atoms with Crippen LogP contribution in [0.1, 0.15) is 18.4 Å². The lowest BCUT2D eigenvalue weighted by molar-refractivity contribution is -0.135. The molecule has 2 saturated heterocycles. The van der Waals surface area contributed by atoms with Gasteiger partial charge in [0.05, 0.1) is 6.61 Å². The molecule has 0 aromatic heterocycles. The van der Waals surface area contributed by atoms with Crippen molar-refractivity contribution >= 4 is 11.9 Å². The Hall–Kier alpha value is -1.92. The molecule has 0 unspecified atom stereocenters. The van der Waals surface area contributed by atoms with E-state index in [1.54, 1.807) is 19.1 Å². The highest BCUT2D eigenvalue weighted by Gasteiger charge is 2.56. The molecule has 2 aliphatic rings. The lowest BCUT2D eigenvalue weighted by atomic mass is 9.85. The zero-order valence-electron chi connectivity index (χ0n) is 15.1. The molecule has 6 heteroatoms. The summed E-state index contributed by atoms with van der Waals surface area (Å²) in [5, 5.41) is 0. The number of carbonyl (C=O) groups is 2. The van der Waals surface area contributed by atoms with E-state index >= 15 is 0 Å². The van der Waals surface area contributed by atoms with Crippen LogP contribution in [0.2, 0.25) is 0 Å². The fourth-order valence-electron chi connectivity index (χ4n) is 3.93. The van der Waals surface area contributed by atoms with Gasteiger partial charge in [-0.3, -0.25) is 9.69 Å². The lowest BCUT2D eigenvalue weighted by Gasteiger charge is -2.42. The first kappa shape index (κ1) is 17.9. The number of rotatable bonds is 6.